The first-order valence-corrected chi connectivity index (χ1v) is 12.6. The zero-order valence-electron chi connectivity index (χ0n) is 24.0. The highest BCUT2D eigenvalue weighted by atomic mass is 16.6. The largest absolute Gasteiger partial charge is 0.444 e. The van der Waals surface area contributed by atoms with E-state index in [9.17, 15) is 14.4 Å². The zero-order chi connectivity index (χ0) is 27.7. The van der Waals surface area contributed by atoms with Gasteiger partial charge in [0, 0.05) is 59.5 Å². The summed E-state index contributed by atoms with van der Waals surface area (Å²) < 4.78 is 22.1. The highest BCUT2D eigenvalue weighted by Crippen LogP contribution is 2.14. The molecule has 11 nitrogen and oxygen atoms in total. The van der Waals surface area contributed by atoms with Gasteiger partial charge in [-0.05, 0) is 62.3 Å². The smallest absolute Gasteiger partial charge is 0.410 e. The minimum absolute atomic E-state index is 0.223. The fourth-order valence-corrected chi connectivity index (χ4v) is 3.29. The van der Waals surface area contributed by atoms with Gasteiger partial charge in [-0.25, -0.2) is 14.4 Å². The maximum atomic E-state index is 13.0. The summed E-state index contributed by atoms with van der Waals surface area (Å²) in [6, 6.07) is 0. The molecule has 0 saturated carbocycles. The number of hydrogen-bond donors (Lipinski definition) is 0. The number of ether oxygens (including phenoxy) is 4. The summed E-state index contributed by atoms with van der Waals surface area (Å²) in [7, 11) is 1.60. The standard InChI is InChI=1S/C25H48N4O7/c1-23(2,3)34-20(30)27-13-11-26(19-33-10)12-14-28(21(31)35-24(4,5)6)16-18-29(17-15-27)22(32)36-25(7,8)9/h11-19H2,1-10H3. The number of carbonyl (C=O) groups is 3. The predicted octanol–water partition coefficient (Wildman–Crippen LogP) is 3.62. The molecule has 0 aromatic heterocycles. The average Bonchev–Trinajstić information content (AvgIpc) is 2.66. The molecule has 0 aromatic rings. The van der Waals surface area contributed by atoms with Crippen molar-refractivity contribution in [2.75, 3.05) is 66.2 Å². The number of nitrogens with zero attached hydrogens (tertiary/aromatic N) is 4. The van der Waals surface area contributed by atoms with E-state index in [2.05, 4.69) is 0 Å². The summed E-state index contributed by atoms with van der Waals surface area (Å²) in [6.45, 7) is 19.3. The van der Waals surface area contributed by atoms with Gasteiger partial charge in [0.15, 0.2) is 0 Å². The molecule has 1 fully saturated rings. The van der Waals surface area contributed by atoms with Gasteiger partial charge in [-0.2, -0.15) is 0 Å². The van der Waals surface area contributed by atoms with Crippen LogP contribution in [0.3, 0.4) is 0 Å². The summed E-state index contributed by atoms with van der Waals surface area (Å²) in [4.78, 5) is 45.6. The van der Waals surface area contributed by atoms with Crippen LogP contribution in [0.15, 0.2) is 0 Å². The van der Waals surface area contributed by atoms with Crippen molar-refractivity contribution >= 4 is 18.3 Å². The summed E-state index contributed by atoms with van der Waals surface area (Å²) in [5.74, 6) is 0. The van der Waals surface area contributed by atoms with E-state index >= 15 is 0 Å². The van der Waals surface area contributed by atoms with E-state index in [0.717, 1.165) is 0 Å². The van der Waals surface area contributed by atoms with E-state index in [4.69, 9.17) is 18.9 Å². The van der Waals surface area contributed by atoms with Crippen molar-refractivity contribution in [1.82, 2.24) is 19.6 Å². The van der Waals surface area contributed by atoms with E-state index in [-0.39, 0.29) is 26.2 Å². The lowest BCUT2D eigenvalue weighted by atomic mass is 10.2. The Morgan fingerprint density at radius 2 is 0.778 bits per heavy atom. The highest BCUT2D eigenvalue weighted by molar-refractivity contribution is 5.70. The second-order valence-corrected chi connectivity index (χ2v) is 11.9. The van der Waals surface area contributed by atoms with Gasteiger partial charge in [-0.3, -0.25) is 4.90 Å². The molecule has 0 spiro atoms. The van der Waals surface area contributed by atoms with Gasteiger partial charge in [0.05, 0.1) is 6.73 Å². The molecule has 1 saturated heterocycles. The van der Waals surface area contributed by atoms with Crippen molar-refractivity contribution in [3.8, 4) is 0 Å². The first kappa shape index (κ1) is 31.8. The number of amides is 3. The minimum atomic E-state index is -0.683. The summed E-state index contributed by atoms with van der Waals surface area (Å²) >= 11 is 0. The Hall–Kier alpha value is -2.27. The van der Waals surface area contributed by atoms with Crippen molar-refractivity contribution in [3.63, 3.8) is 0 Å². The van der Waals surface area contributed by atoms with Crippen LogP contribution < -0.4 is 0 Å². The molecule has 0 atom stereocenters. The molecule has 0 unspecified atom stereocenters. The van der Waals surface area contributed by atoms with Crippen LogP contribution in [0.2, 0.25) is 0 Å². The second kappa shape index (κ2) is 13.3. The molecular weight excluding hydrogens is 468 g/mol. The van der Waals surface area contributed by atoms with E-state index < -0.39 is 35.1 Å². The third kappa shape index (κ3) is 13.2. The van der Waals surface area contributed by atoms with Gasteiger partial charge >= 0.3 is 18.3 Å². The molecule has 0 bridgehead atoms. The van der Waals surface area contributed by atoms with Crippen LogP contribution in [0.25, 0.3) is 0 Å². The maximum Gasteiger partial charge on any atom is 0.410 e. The first-order chi connectivity index (χ1) is 16.4. The zero-order valence-corrected chi connectivity index (χ0v) is 24.0. The van der Waals surface area contributed by atoms with Gasteiger partial charge in [0.25, 0.3) is 0 Å². The van der Waals surface area contributed by atoms with Crippen LogP contribution in [0.4, 0.5) is 14.4 Å². The Morgan fingerprint density at radius 3 is 1.00 bits per heavy atom. The molecule has 1 aliphatic heterocycles. The Morgan fingerprint density at radius 1 is 0.528 bits per heavy atom. The normalized spacial score (nSPS) is 17.7. The molecule has 210 valence electrons. The number of carbonyl (C=O) groups excluding carboxylic acids is 3. The predicted molar refractivity (Wildman–Crippen MR) is 137 cm³/mol. The van der Waals surface area contributed by atoms with Crippen LogP contribution >= 0.6 is 0 Å². The first-order valence-electron chi connectivity index (χ1n) is 12.6. The SMILES string of the molecule is COCN1CCN(C(=O)OC(C)(C)C)CCN(C(=O)OC(C)(C)C)CCN(C(=O)OC(C)(C)C)CC1. The van der Waals surface area contributed by atoms with Crippen LogP contribution in [0.5, 0.6) is 0 Å². The summed E-state index contributed by atoms with van der Waals surface area (Å²) in [5, 5.41) is 0. The minimum Gasteiger partial charge on any atom is -0.444 e. The lowest BCUT2D eigenvalue weighted by Gasteiger charge is -2.35. The average molecular weight is 517 g/mol. The number of hydrogen-bond acceptors (Lipinski definition) is 8. The molecule has 11 heteroatoms. The van der Waals surface area contributed by atoms with Crippen molar-refractivity contribution in [1.29, 1.82) is 0 Å². The molecule has 0 N–H and O–H groups in total. The molecule has 1 heterocycles. The molecular formula is C25H48N4O7. The third-order valence-electron chi connectivity index (χ3n) is 4.92. The lowest BCUT2D eigenvalue weighted by Crippen LogP contribution is -2.51. The Bertz CT molecular complexity index is 681. The third-order valence-corrected chi connectivity index (χ3v) is 4.92. The van der Waals surface area contributed by atoms with Crippen molar-refractivity contribution in [2.24, 2.45) is 0 Å². The van der Waals surface area contributed by atoms with Gasteiger partial charge < -0.3 is 33.6 Å². The van der Waals surface area contributed by atoms with E-state index in [1.807, 2.05) is 46.4 Å². The van der Waals surface area contributed by atoms with Gasteiger partial charge in [0.1, 0.15) is 16.8 Å². The number of rotatable bonds is 2. The van der Waals surface area contributed by atoms with Gasteiger partial charge in [-0.15, -0.1) is 0 Å². The Labute approximate surface area is 216 Å². The lowest BCUT2D eigenvalue weighted by molar-refractivity contribution is -0.00152. The Kier molecular flexibility index (Phi) is 11.8. The van der Waals surface area contributed by atoms with Crippen molar-refractivity contribution in [2.45, 2.75) is 79.1 Å². The molecule has 0 aromatic carbocycles. The summed E-state index contributed by atoms with van der Waals surface area (Å²) in [5.41, 5.74) is -1.98. The van der Waals surface area contributed by atoms with E-state index in [0.29, 0.717) is 32.9 Å². The highest BCUT2D eigenvalue weighted by Gasteiger charge is 2.29. The second-order valence-electron chi connectivity index (χ2n) is 11.9. The topological polar surface area (TPSA) is 101 Å². The molecule has 1 rings (SSSR count). The van der Waals surface area contributed by atoms with Crippen molar-refractivity contribution in [3.05, 3.63) is 0 Å². The molecule has 36 heavy (non-hydrogen) atoms. The number of methoxy groups -OCH3 is 1. The molecule has 1 aliphatic rings. The fourth-order valence-electron chi connectivity index (χ4n) is 3.29. The van der Waals surface area contributed by atoms with Crippen LogP contribution in [0.1, 0.15) is 62.3 Å². The van der Waals surface area contributed by atoms with Crippen LogP contribution in [0, 0.1) is 0 Å². The van der Waals surface area contributed by atoms with Gasteiger partial charge in [-0.1, -0.05) is 0 Å². The summed E-state index contributed by atoms with van der Waals surface area (Å²) in [6.07, 6.45) is -1.40. The maximum absolute atomic E-state index is 13.0. The molecule has 0 radical (unpaired) electrons. The van der Waals surface area contributed by atoms with Gasteiger partial charge in [0.2, 0.25) is 0 Å². The monoisotopic (exact) mass is 516 g/mol. The van der Waals surface area contributed by atoms with Crippen LogP contribution in [-0.2, 0) is 18.9 Å². The Balaban J connectivity index is 3.19. The van der Waals surface area contributed by atoms with Crippen molar-refractivity contribution < 1.29 is 33.3 Å². The quantitative estimate of drug-likeness (QED) is 0.513. The van der Waals surface area contributed by atoms with E-state index in [1.165, 1.54) is 4.90 Å². The van der Waals surface area contributed by atoms with Crippen LogP contribution in [-0.4, -0.2) is 121 Å². The van der Waals surface area contributed by atoms with E-state index in [1.54, 1.807) is 37.7 Å². The molecule has 3 amide bonds. The fraction of sp³-hybridized carbons (Fsp3) is 0.880. The molecule has 0 aliphatic carbocycles.